The number of hydrogen-bond acceptors (Lipinski definition) is 6. The summed E-state index contributed by atoms with van der Waals surface area (Å²) in [5, 5.41) is 18.0. The minimum absolute atomic E-state index is 0.0589. The van der Waals surface area contributed by atoms with Gasteiger partial charge in [0.15, 0.2) is 17.3 Å². The maximum atomic E-state index is 11.3. The van der Waals surface area contributed by atoms with Crippen LogP contribution in [0.2, 0.25) is 0 Å². The molecule has 0 aliphatic carbocycles. The van der Waals surface area contributed by atoms with Crippen molar-refractivity contribution in [3.63, 3.8) is 0 Å². The molecule has 0 spiro atoms. The molecule has 3 N–H and O–H groups in total. The minimum Gasteiger partial charge on any atom is -0.396 e. The number of fused-ring (bicyclic) bond motifs is 1. The molecule has 0 radical (unpaired) electrons. The van der Waals surface area contributed by atoms with Gasteiger partial charge in [-0.25, -0.2) is 19.2 Å². The highest BCUT2D eigenvalue weighted by Crippen LogP contribution is 2.25. The summed E-state index contributed by atoms with van der Waals surface area (Å²) in [6.45, 7) is 2.67. The summed E-state index contributed by atoms with van der Waals surface area (Å²) in [6.07, 6.45) is 5.81. The van der Waals surface area contributed by atoms with E-state index >= 15 is 0 Å². The van der Waals surface area contributed by atoms with Crippen molar-refractivity contribution in [1.82, 2.24) is 29.4 Å². The van der Waals surface area contributed by atoms with Crippen LogP contribution in [0.4, 0.5) is 0 Å². The number of aromatic nitrogens is 6. The third-order valence-corrected chi connectivity index (χ3v) is 4.45. The van der Waals surface area contributed by atoms with Crippen LogP contribution in [-0.2, 0) is 13.0 Å². The largest absolute Gasteiger partial charge is 0.396 e. The van der Waals surface area contributed by atoms with Gasteiger partial charge in [-0.15, -0.1) is 0 Å². The third kappa shape index (κ3) is 3.12. The molecule has 9 nitrogen and oxygen atoms in total. The highest BCUT2D eigenvalue weighted by molar-refractivity contribution is 5.93. The Bertz CT molecular complexity index is 1150. The van der Waals surface area contributed by atoms with Gasteiger partial charge in [-0.1, -0.05) is 12.1 Å². The molecule has 0 saturated carbocycles. The van der Waals surface area contributed by atoms with Crippen molar-refractivity contribution in [3.05, 3.63) is 54.0 Å². The first kappa shape index (κ1) is 17.8. The highest BCUT2D eigenvalue weighted by Gasteiger charge is 2.18. The van der Waals surface area contributed by atoms with Crippen LogP contribution in [0.25, 0.3) is 28.4 Å². The zero-order valence-corrected chi connectivity index (χ0v) is 15.3. The zero-order chi connectivity index (χ0) is 19.7. The number of primary amides is 1. The lowest BCUT2D eigenvalue weighted by molar-refractivity contribution is 0.100. The van der Waals surface area contributed by atoms with Crippen LogP contribution in [0, 0.1) is 0 Å². The quantitative estimate of drug-likeness (QED) is 0.522. The number of aliphatic hydroxyl groups excluding tert-OH is 1. The molecule has 142 valence electrons. The smallest absolute Gasteiger partial charge is 0.248 e. The van der Waals surface area contributed by atoms with Crippen molar-refractivity contribution >= 4 is 11.6 Å². The Balaban J connectivity index is 1.76. The van der Waals surface area contributed by atoms with Crippen LogP contribution in [0.1, 0.15) is 22.8 Å². The van der Waals surface area contributed by atoms with E-state index in [-0.39, 0.29) is 6.61 Å². The summed E-state index contributed by atoms with van der Waals surface area (Å²) in [6, 6.07) is 6.86. The van der Waals surface area contributed by atoms with Crippen molar-refractivity contribution < 1.29 is 9.90 Å². The van der Waals surface area contributed by atoms with Gasteiger partial charge in [0, 0.05) is 36.7 Å². The minimum atomic E-state index is -0.475. The number of benzene rings is 1. The first-order chi connectivity index (χ1) is 13.6. The first-order valence-electron chi connectivity index (χ1n) is 8.89. The van der Waals surface area contributed by atoms with Crippen LogP contribution in [0.5, 0.6) is 0 Å². The average Bonchev–Trinajstić information content (AvgIpc) is 3.31. The van der Waals surface area contributed by atoms with E-state index in [1.54, 1.807) is 45.9 Å². The summed E-state index contributed by atoms with van der Waals surface area (Å²) in [5.74, 6) is 0.732. The number of aryl methyl sites for hydroxylation is 1. The van der Waals surface area contributed by atoms with Gasteiger partial charge in [0.25, 0.3) is 0 Å². The number of carbonyl (C=O) groups excluding carboxylic acids is 1. The van der Waals surface area contributed by atoms with Crippen molar-refractivity contribution in [2.45, 2.75) is 19.9 Å². The normalized spacial score (nSPS) is 11.2. The molecule has 1 aromatic carbocycles. The molecule has 9 heteroatoms. The lowest BCUT2D eigenvalue weighted by Gasteiger charge is -2.02. The highest BCUT2D eigenvalue weighted by atomic mass is 16.3. The molecule has 28 heavy (non-hydrogen) atoms. The molecule has 1 amide bonds. The fourth-order valence-corrected chi connectivity index (χ4v) is 3.00. The fraction of sp³-hybridized carbons (Fsp3) is 0.211. The molecule has 0 atom stereocenters. The first-order valence-corrected chi connectivity index (χ1v) is 8.89. The number of hydrogen-bond donors (Lipinski definition) is 2. The molecule has 0 aliphatic rings. The van der Waals surface area contributed by atoms with Gasteiger partial charge < -0.3 is 10.8 Å². The van der Waals surface area contributed by atoms with Gasteiger partial charge in [-0.05, 0) is 31.0 Å². The van der Waals surface area contributed by atoms with E-state index in [9.17, 15) is 4.79 Å². The van der Waals surface area contributed by atoms with Crippen molar-refractivity contribution in [2.24, 2.45) is 5.73 Å². The summed E-state index contributed by atoms with van der Waals surface area (Å²) in [7, 11) is 0. The van der Waals surface area contributed by atoms with Crippen molar-refractivity contribution in [2.75, 3.05) is 6.61 Å². The Morgan fingerprint density at radius 3 is 2.68 bits per heavy atom. The van der Waals surface area contributed by atoms with E-state index in [0.717, 1.165) is 16.7 Å². The molecule has 3 heterocycles. The van der Waals surface area contributed by atoms with Gasteiger partial charge in [0.2, 0.25) is 5.91 Å². The number of amides is 1. The Morgan fingerprint density at radius 1 is 1.21 bits per heavy atom. The summed E-state index contributed by atoms with van der Waals surface area (Å²) in [5.41, 5.74) is 8.85. The Morgan fingerprint density at radius 2 is 2.00 bits per heavy atom. The van der Waals surface area contributed by atoms with Gasteiger partial charge in [0.05, 0.1) is 11.8 Å². The van der Waals surface area contributed by atoms with Gasteiger partial charge in [0.1, 0.15) is 0 Å². The summed E-state index contributed by atoms with van der Waals surface area (Å²) in [4.78, 5) is 20.4. The standard InChI is InChI=1S/C19H19N7O2/c1-2-25-19(15-10-22-26-11-12(7-8-27)9-21-18(15)26)23-17(24-25)14-5-3-13(4-6-14)16(20)28/h3-6,9-11,27H,2,7-8H2,1H3,(H2,20,28). The van der Waals surface area contributed by atoms with Crippen LogP contribution < -0.4 is 5.73 Å². The molecule has 0 aliphatic heterocycles. The number of rotatable bonds is 6. The van der Waals surface area contributed by atoms with Crippen LogP contribution in [0.15, 0.2) is 42.9 Å². The van der Waals surface area contributed by atoms with Crippen molar-refractivity contribution in [3.8, 4) is 22.8 Å². The van der Waals surface area contributed by atoms with Crippen LogP contribution in [-0.4, -0.2) is 47.0 Å². The topological polar surface area (TPSA) is 124 Å². The second kappa shape index (κ2) is 7.20. The number of carbonyl (C=O) groups is 1. The fourth-order valence-electron chi connectivity index (χ4n) is 3.00. The molecule has 0 unspecified atom stereocenters. The molecule has 0 bridgehead atoms. The molecule has 4 rings (SSSR count). The van der Waals surface area contributed by atoms with Gasteiger partial charge in [-0.3, -0.25) is 4.79 Å². The summed E-state index contributed by atoms with van der Waals surface area (Å²) < 4.78 is 3.47. The molecule has 0 saturated heterocycles. The Labute approximate surface area is 160 Å². The van der Waals surface area contributed by atoms with Gasteiger partial charge in [-0.2, -0.15) is 10.2 Å². The maximum Gasteiger partial charge on any atom is 0.248 e. The van der Waals surface area contributed by atoms with E-state index in [1.807, 2.05) is 13.1 Å². The molecule has 0 fully saturated rings. The molecular formula is C19H19N7O2. The SMILES string of the molecule is CCn1nc(-c2ccc(C(N)=O)cc2)nc1-c1cnn2cc(CCO)cnc12. The van der Waals surface area contributed by atoms with E-state index in [2.05, 4.69) is 20.2 Å². The molecular weight excluding hydrogens is 358 g/mol. The lowest BCUT2D eigenvalue weighted by atomic mass is 10.1. The zero-order valence-electron chi connectivity index (χ0n) is 15.3. The second-order valence-corrected chi connectivity index (χ2v) is 6.28. The van der Waals surface area contributed by atoms with Crippen LogP contribution >= 0.6 is 0 Å². The van der Waals surface area contributed by atoms with Gasteiger partial charge >= 0.3 is 0 Å². The number of nitrogens with zero attached hydrogens (tertiary/aromatic N) is 6. The lowest BCUT2D eigenvalue weighted by Crippen LogP contribution is -2.10. The van der Waals surface area contributed by atoms with Crippen molar-refractivity contribution in [1.29, 1.82) is 0 Å². The summed E-state index contributed by atoms with van der Waals surface area (Å²) >= 11 is 0. The molecule has 4 aromatic rings. The monoisotopic (exact) mass is 377 g/mol. The van der Waals surface area contributed by atoms with E-state index < -0.39 is 5.91 Å². The molecule has 3 aromatic heterocycles. The van der Waals surface area contributed by atoms with E-state index in [1.165, 1.54) is 0 Å². The average molecular weight is 377 g/mol. The number of nitrogens with two attached hydrogens (primary N) is 1. The Hall–Kier alpha value is -3.59. The second-order valence-electron chi connectivity index (χ2n) is 6.28. The predicted octanol–water partition coefficient (Wildman–Crippen LogP) is 1.31. The number of aliphatic hydroxyl groups is 1. The predicted molar refractivity (Wildman–Crippen MR) is 102 cm³/mol. The van der Waals surface area contributed by atoms with Crippen LogP contribution in [0.3, 0.4) is 0 Å². The van der Waals surface area contributed by atoms with E-state index in [4.69, 9.17) is 10.8 Å². The third-order valence-electron chi connectivity index (χ3n) is 4.45. The Kier molecular flexibility index (Phi) is 4.58. The van der Waals surface area contributed by atoms with E-state index in [0.29, 0.717) is 35.8 Å². The maximum absolute atomic E-state index is 11.3.